The van der Waals surface area contributed by atoms with Crippen LogP contribution in [0.15, 0.2) is 29.3 Å². The van der Waals surface area contributed by atoms with Gasteiger partial charge in [0.15, 0.2) is 0 Å². The largest absolute Gasteiger partial charge is 0.495 e. The lowest BCUT2D eigenvalue weighted by Crippen LogP contribution is -2.35. The van der Waals surface area contributed by atoms with E-state index in [4.69, 9.17) is 16.3 Å². The zero-order valence-corrected chi connectivity index (χ0v) is 13.4. The number of carbonyl (C=O) groups excluding carboxylic acids is 1. The molecule has 128 valence electrons. The van der Waals surface area contributed by atoms with Gasteiger partial charge in [-0.25, -0.2) is 0 Å². The number of carbonyl (C=O) groups is 2. The van der Waals surface area contributed by atoms with Gasteiger partial charge in [-0.2, -0.15) is 0 Å². The SMILES string of the molecule is COc1ccc([N+](=O)[O-])cc1NC(=O)[C@H]1CC(Cl)=CC[C@H]1C(=O)O. The highest BCUT2D eigenvalue weighted by molar-refractivity contribution is 6.29. The van der Waals surface area contributed by atoms with Gasteiger partial charge in [0.2, 0.25) is 5.91 Å². The predicted molar refractivity (Wildman–Crippen MR) is 86.1 cm³/mol. The van der Waals surface area contributed by atoms with Gasteiger partial charge in [-0.15, -0.1) is 0 Å². The molecule has 9 heteroatoms. The number of carboxylic acid groups (broad SMARTS) is 1. The van der Waals surface area contributed by atoms with E-state index >= 15 is 0 Å². The van der Waals surface area contributed by atoms with Gasteiger partial charge in [0.1, 0.15) is 5.75 Å². The number of amides is 1. The van der Waals surface area contributed by atoms with E-state index in [0.29, 0.717) is 5.03 Å². The Morgan fingerprint density at radius 3 is 2.71 bits per heavy atom. The molecule has 8 nitrogen and oxygen atoms in total. The van der Waals surface area contributed by atoms with Crippen LogP contribution in [0.3, 0.4) is 0 Å². The molecule has 0 radical (unpaired) electrons. The van der Waals surface area contributed by atoms with E-state index in [0.717, 1.165) is 6.07 Å². The number of nitro benzene ring substituents is 1. The summed E-state index contributed by atoms with van der Waals surface area (Å²) in [6, 6.07) is 3.76. The van der Waals surface area contributed by atoms with E-state index in [1.165, 1.54) is 19.2 Å². The lowest BCUT2D eigenvalue weighted by Gasteiger charge is -2.26. The number of benzene rings is 1. The molecule has 1 aromatic carbocycles. The number of non-ortho nitro benzene ring substituents is 1. The van der Waals surface area contributed by atoms with Gasteiger partial charge in [0, 0.05) is 17.2 Å². The molecule has 0 unspecified atom stereocenters. The fourth-order valence-electron chi connectivity index (χ4n) is 2.54. The van der Waals surface area contributed by atoms with E-state index < -0.39 is 28.6 Å². The third-order valence-corrected chi connectivity index (χ3v) is 4.11. The number of ether oxygens (including phenoxy) is 1. The van der Waals surface area contributed by atoms with Gasteiger partial charge in [-0.05, 0) is 18.9 Å². The second kappa shape index (κ2) is 7.31. The molecule has 0 aromatic heterocycles. The number of nitrogens with one attached hydrogen (secondary N) is 1. The third-order valence-electron chi connectivity index (χ3n) is 3.80. The number of anilines is 1. The number of hydrogen-bond donors (Lipinski definition) is 2. The van der Waals surface area contributed by atoms with Crippen LogP contribution in [0.5, 0.6) is 5.75 Å². The number of hydrogen-bond acceptors (Lipinski definition) is 5. The summed E-state index contributed by atoms with van der Waals surface area (Å²) in [5.41, 5.74) is -0.117. The van der Waals surface area contributed by atoms with Crippen molar-refractivity contribution in [2.75, 3.05) is 12.4 Å². The smallest absolute Gasteiger partial charge is 0.307 e. The molecule has 0 bridgehead atoms. The summed E-state index contributed by atoms with van der Waals surface area (Å²) >= 11 is 5.93. The van der Waals surface area contributed by atoms with E-state index in [2.05, 4.69) is 5.32 Å². The van der Waals surface area contributed by atoms with Crippen molar-refractivity contribution in [1.29, 1.82) is 0 Å². The van der Waals surface area contributed by atoms with Crippen molar-refractivity contribution in [3.63, 3.8) is 0 Å². The molecule has 0 heterocycles. The summed E-state index contributed by atoms with van der Waals surface area (Å²) in [5, 5.41) is 23.1. The lowest BCUT2D eigenvalue weighted by molar-refractivity contribution is -0.384. The second-order valence-corrected chi connectivity index (χ2v) is 5.76. The number of aliphatic carboxylic acids is 1. The Bertz CT molecular complexity index is 718. The molecule has 24 heavy (non-hydrogen) atoms. The van der Waals surface area contributed by atoms with Crippen molar-refractivity contribution < 1.29 is 24.4 Å². The first-order chi connectivity index (χ1) is 11.3. The van der Waals surface area contributed by atoms with E-state index in [1.807, 2.05) is 0 Å². The van der Waals surface area contributed by atoms with Crippen LogP contribution in [-0.4, -0.2) is 29.0 Å². The Labute approximate surface area is 142 Å². The monoisotopic (exact) mass is 354 g/mol. The average molecular weight is 355 g/mol. The summed E-state index contributed by atoms with van der Waals surface area (Å²) in [5.74, 6) is -3.21. The Morgan fingerprint density at radius 2 is 2.12 bits per heavy atom. The molecule has 0 fully saturated rings. The van der Waals surface area contributed by atoms with Crippen LogP contribution in [0.2, 0.25) is 0 Å². The zero-order valence-electron chi connectivity index (χ0n) is 12.7. The standard InChI is InChI=1S/C15H15ClN2O6/c1-24-13-5-3-9(18(22)23)7-12(13)17-14(19)11-6-8(16)2-4-10(11)15(20)21/h2-3,5,7,10-11H,4,6H2,1H3,(H,17,19)(H,20,21)/t10-,11+/m1/s1. The van der Waals surface area contributed by atoms with Crippen molar-refractivity contribution in [3.8, 4) is 5.75 Å². The molecular formula is C15H15ClN2O6. The van der Waals surface area contributed by atoms with E-state index in [9.17, 15) is 24.8 Å². The Kier molecular flexibility index (Phi) is 5.40. The van der Waals surface area contributed by atoms with Gasteiger partial charge in [-0.1, -0.05) is 17.7 Å². The summed E-state index contributed by atoms with van der Waals surface area (Å²) in [6.45, 7) is 0. The van der Waals surface area contributed by atoms with Crippen LogP contribution in [0.1, 0.15) is 12.8 Å². The van der Waals surface area contributed by atoms with E-state index in [-0.39, 0.29) is 30.0 Å². The van der Waals surface area contributed by atoms with Gasteiger partial charge in [0.05, 0.1) is 29.6 Å². The van der Waals surface area contributed by atoms with Crippen LogP contribution in [0, 0.1) is 22.0 Å². The number of nitrogens with zero attached hydrogens (tertiary/aromatic N) is 1. The maximum absolute atomic E-state index is 12.5. The van der Waals surface area contributed by atoms with Crippen molar-refractivity contribution in [1.82, 2.24) is 0 Å². The minimum Gasteiger partial charge on any atom is -0.495 e. The first kappa shape index (κ1) is 17.7. The van der Waals surface area contributed by atoms with Crippen LogP contribution >= 0.6 is 11.6 Å². The normalized spacial score (nSPS) is 20.0. The molecule has 2 atom stereocenters. The lowest BCUT2D eigenvalue weighted by atomic mass is 9.82. The molecule has 2 N–H and O–H groups in total. The maximum atomic E-state index is 12.5. The number of methoxy groups -OCH3 is 1. The summed E-state index contributed by atoms with van der Waals surface area (Å²) in [7, 11) is 1.36. The molecular weight excluding hydrogens is 340 g/mol. The Balaban J connectivity index is 2.27. The number of halogens is 1. The quantitative estimate of drug-likeness (QED) is 0.619. The molecule has 0 spiro atoms. The molecule has 1 aromatic rings. The summed E-state index contributed by atoms with van der Waals surface area (Å²) in [4.78, 5) is 34.1. The molecule has 2 rings (SSSR count). The van der Waals surface area contributed by atoms with Gasteiger partial charge < -0.3 is 15.2 Å². The van der Waals surface area contributed by atoms with Crippen LogP contribution < -0.4 is 10.1 Å². The fourth-order valence-corrected chi connectivity index (χ4v) is 2.79. The average Bonchev–Trinajstić information content (AvgIpc) is 2.54. The molecule has 0 saturated heterocycles. The Morgan fingerprint density at radius 1 is 1.42 bits per heavy atom. The topological polar surface area (TPSA) is 119 Å². The minimum absolute atomic E-state index is 0.0988. The van der Waals surface area contributed by atoms with E-state index in [1.54, 1.807) is 6.08 Å². The number of allylic oxidation sites excluding steroid dienone is 2. The molecule has 1 amide bonds. The Hall–Kier alpha value is -2.61. The maximum Gasteiger partial charge on any atom is 0.307 e. The van der Waals surface area contributed by atoms with Crippen LogP contribution in [0.25, 0.3) is 0 Å². The highest BCUT2D eigenvalue weighted by Crippen LogP contribution is 2.34. The zero-order chi connectivity index (χ0) is 17.9. The van der Waals surface area contributed by atoms with Crippen molar-refractivity contribution >= 4 is 34.9 Å². The second-order valence-electron chi connectivity index (χ2n) is 5.27. The first-order valence-corrected chi connectivity index (χ1v) is 7.42. The molecule has 1 aliphatic carbocycles. The predicted octanol–water partition coefficient (Wildman–Crippen LogP) is 2.78. The van der Waals surface area contributed by atoms with Gasteiger partial charge in [-0.3, -0.25) is 19.7 Å². The number of carboxylic acids is 1. The summed E-state index contributed by atoms with van der Waals surface area (Å²) < 4.78 is 5.07. The van der Waals surface area contributed by atoms with Gasteiger partial charge in [0.25, 0.3) is 5.69 Å². The fraction of sp³-hybridized carbons (Fsp3) is 0.333. The minimum atomic E-state index is -1.10. The van der Waals surface area contributed by atoms with Gasteiger partial charge >= 0.3 is 5.97 Å². The molecule has 0 aliphatic heterocycles. The third kappa shape index (κ3) is 3.83. The van der Waals surface area contributed by atoms with Crippen LogP contribution in [-0.2, 0) is 9.59 Å². The van der Waals surface area contributed by atoms with Crippen molar-refractivity contribution in [2.45, 2.75) is 12.8 Å². The van der Waals surface area contributed by atoms with Crippen molar-refractivity contribution in [3.05, 3.63) is 39.4 Å². The highest BCUT2D eigenvalue weighted by atomic mass is 35.5. The number of rotatable bonds is 5. The number of nitro groups is 1. The summed E-state index contributed by atoms with van der Waals surface area (Å²) in [6.07, 6.45) is 1.83. The van der Waals surface area contributed by atoms with Crippen LogP contribution in [0.4, 0.5) is 11.4 Å². The molecule has 1 aliphatic rings. The first-order valence-electron chi connectivity index (χ1n) is 7.04. The molecule has 0 saturated carbocycles. The highest BCUT2D eigenvalue weighted by Gasteiger charge is 2.36. The van der Waals surface area contributed by atoms with Crippen molar-refractivity contribution in [2.24, 2.45) is 11.8 Å².